The molecule has 2 aromatic carbocycles. The quantitative estimate of drug-likeness (QED) is 0.353. The van der Waals surface area contributed by atoms with Gasteiger partial charge in [0.2, 0.25) is 11.5 Å². The molecule has 7 nitrogen and oxygen atoms in total. The van der Waals surface area contributed by atoms with Crippen LogP contribution in [0.15, 0.2) is 71.7 Å². The molecule has 0 saturated heterocycles. The van der Waals surface area contributed by atoms with E-state index in [1.54, 1.807) is 26.5 Å². The van der Waals surface area contributed by atoms with Gasteiger partial charge in [-0.2, -0.15) is 0 Å². The number of carbonyl (C=O) groups excluding carboxylic acids is 1. The summed E-state index contributed by atoms with van der Waals surface area (Å²) in [6, 6.07) is 17.3. The number of carbonyl (C=O) groups is 1. The molecule has 2 N–H and O–H groups in total. The first-order valence-electron chi connectivity index (χ1n) is 12.1. The van der Waals surface area contributed by atoms with Gasteiger partial charge in [0, 0.05) is 31.8 Å². The van der Waals surface area contributed by atoms with Crippen LogP contribution in [0.1, 0.15) is 24.0 Å². The van der Waals surface area contributed by atoms with Crippen LogP contribution < -0.4 is 20.3 Å². The number of pyridine rings is 1. The molecule has 0 unspecified atom stereocenters. The zero-order valence-electron chi connectivity index (χ0n) is 21.3. The highest BCUT2D eigenvalue weighted by molar-refractivity contribution is 5.78. The topological polar surface area (TPSA) is 83.7 Å². The van der Waals surface area contributed by atoms with Gasteiger partial charge in [0.25, 0.3) is 0 Å². The van der Waals surface area contributed by atoms with Gasteiger partial charge in [0.1, 0.15) is 0 Å². The van der Waals surface area contributed by atoms with E-state index < -0.39 is 0 Å². The predicted octanol–water partition coefficient (Wildman–Crippen LogP) is 4.14. The number of methoxy groups -OCH3 is 2. The molecule has 0 bridgehead atoms. The van der Waals surface area contributed by atoms with E-state index in [0.717, 1.165) is 54.1 Å². The number of aromatic amines is 1. The molecule has 0 spiro atoms. The molecule has 1 heterocycles. The van der Waals surface area contributed by atoms with Gasteiger partial charge in [-0.15, -0.1) is 0 Å². The summed E-state index contributed by atoms with van der Waals surface area (Å²) in [7, 11) is 5.37. The average Bonchev–Trinajstić information content (AvgIpc) is 2.90. The molecule has 0 radical (unpaired) electrons. The standard InChI is InChI=1S/C29H35N3O4/c1-32(19-16-23-10-14-26(35-2)27(20-23)36-3)18-5-17-30-28(33)7-4-6-22-8-11-24(12-9-22)25-13-15-29(34)31-21-25/h4,6,8-15,20-21H,5,7,16-19H2,1-3H3,(H,30,33)(H,31,34)/b6-4+. The van der Waals surface area contributed by atoms with Gasteiger partial charge < -0.3 is 24.7 Å². The number of rotatable bonds is 13. The molecule has 7 heteroatoms. The molecule has 0 atom stereocenters. The fourth-order valence-electron chi connectivity index (χ4n) is 3.80. The third-order valence-corrected chi connectivity index (χ3v) is 5.91. The molecule has 1 amide bonds. The van der Waals surface area contributed by atoms with Gasteiger partial charge in [0.05, 0.1) is 14.2 Å². The van der Waals surface area contributed by atoms with Crippen molar-refractivity contribution in [3.05, 3.63) is 88.4 Å². The fourth-order valence-corrected chi connectivity index (χ4v) is 3.80. The fraction of sp³-hybridized carbons (Fsp3) is 0.310. The van der Waals surface area contributed by atoms with E-state index >= 15 is 0 Å². The third kappa shape index (κ3) is 8.43. The summed E-state index contributed by atoms with van der Waals surface area (Å²) in [5.74, 6) is 1.50. The van der Waals surface area contributed by atoms with Gasteiger partial charge >= 0.3 is 0 Å². The lowest BCUT2D eigenvalue weighted by molar-refractivity contribution is -0.120. The second-order valence-corrected chi connectivity index (χ2v) is 8.62. The summed E-state index contributed by atoms with van der Waals surface area (Å²) in [4.78, 5) is 28.3. The molecule has 3 aromatic rings. The smallest absolute Gasteiger partial charge is 0.247 e. The minimum Gasteiger partial charge on any atom is -0.493 e. The van der Waals surface area contributed by atoms with Gasteiger partial charge in [-0.1, -0.05) is 42.5 Å². The number of amides is 1. The number of H-pyrrole nitrogens is 1. The van der Waals surface area contributed by atoms with Crippen molar-refractivity contribution in [1.29, 1.82) is 0 Å². The Labute approximate surface area is 212 Å². The summed E-state index contributed by atoms with van der Waals surface area (Å²) < 4.78 is 10.7. The zero-order chi connectivity index (χ0) is 25.8. The number of aromatic nitrogens is 1. The first-order valence-corrected chi connectivity index (χ1v) is 12.1. The van der Waals surface area contributed by atoms with E-state index in [1.807, 2.05) is 48.6 Å². The molecule has 190 valence electrons. The number of nitrogens with one attached hydrogen (secondary N) is 2. The minimum absolute atomic E-state index is 0.0177. The molecule has 0 fully saturated rings. The maximum Gasteiger partial charge on any atom is 0.247 e. The normalized spacial score (nSPS) is 11.1. The highest BCUT2D eigenvalue weighted by atomic mass is 16.5. The van der Waals surface area contributed by atoms with Gasteiger partial charge in [-0.3, -0.25) is 9.59 Å². The Morgan fingerprint density at radius 2 is 1.72 bits per heavy atom. The van der Waals surface area contributed by atoms with Crippen molar-refractivity contribution in [2.75, 3.05) is 40.9 Å². The van der Waals surface area contributed by atoms with Crippen molar-refractivity contribution in [3.63, 3.8) is 0 Å². The number of likely N-dealkylation sites (N-methyl/N-ethyl adjacent to an activating group) is 1. The Hall–Kier alpha value is -3.84. The Balaban J connectivity index is 1.32. The lowest BCUT2D eigenvalue weighted by Crippen LogP contribution is -2.28. The Kier molecular flexibility index (Phi) is 10.3. The number of benzene rings is 2. The third-order valence-electron chi connectivity index (χ3n) is 5.91. The van der Waals surface area contributed by atoms with E-state index in [0.29, 0.717) is 13.0 Å². The molecule has 0 saturated carbocycles. The lowest BCUT2D eigenvalue weighted by Gasteiger charge is -2.17. The van der Waals surface area contributed by atoms with Crippen molar-refractivity contribution in [3.8, 4) is 22.6 Å². The molecular formula is C29H35N3O4. The molecule has 0 aliphatic carbocycles. The van der Waals surface area contributed by atoms with E-state index in [9.17, 15) is 9.59 Å². The summed E-state index contributed by atoms with van der Waals surface area (Å²) >= 11 is 0. The number of hydrogen-bond donors (Lipinski definition) is 2. The van der Waals surface area contributed by atoms with Crippen molar-refractivity contribution >= 4 is 12.0 Å². The van der Waals surface area contributed by atoms with Gasteiger partial charge in [-0.05, 0) is 66.9 Å². The molecule has 0 aliphatic rings. The van der Waals surface area contributed by atoms with Gasteiger partial charge in [-0.25, -0.2) is 0 Å². The first kappa shape index (κ1) is 26.8. The van der Waals surface area contributed by atoms with Crippen molar-refractivity contribution < 1.29 is 14.3 Å². The number of hydrogen-bond acceptors (Lipinski definition) is 5. The summed E-state index contributed by atoms with van der Waals surface area (Å²) in [5, 5.41) is 2.98. The maximum atomic E-state index is 12.1. The van der Waals surface area contributed by atoms with Crippen LogP contribution in [0.25, 0.3) is 17.2 Å². The Morgan fingerprint density at radius 3 is 2.42 bits per heavy atom. The van der Waals surface area contributed by atoms with Crippen LogP contribution >= 0.6 is 0 Å². The van der Waals surface area contributed by atoms with Crippen LogP contribution in [-0.2, 0) is 11.2 Å². The van der Waals surface area contributed by atoms with Crippen molar-refractivity contribution in [1.82, 2.24) is 15.2 Å². The molecule has 1 aromatic heterocycles. The number of ether oxygens (including phenoxy) is 2. The van der Waals surface area contributed by atoms with Gasteiger partial charge in [0.15, 0.2) is 11.5 Å². The molecular weight excluding hydrogens is 454 g/mol. The van der Waals surface area contributed by atoms with Crippen LogP contribution in [0.4, 0.5) is 0 Å². The molecule has 36 heavy (non-hydrogen) atoms. The monoisotopic (exact) mass is 489 g/mol. The minimum atomic E-state index is -0.116. The maximum absolute atomic E-state index is 12.1. The highest BCUT2D eigenvalue weighted by Gasteiger charge is 2.06. The summed E-state index contributed by atoms with van der Waals surface area (Å²) in [5.41, 5.74) is 4.08. The second kappa shape index (κ2) is 13.9. The lowest BCUT2D eigenvalue weighted by atomic mass is 10.1. The number of nitrogens with zero attached hydrogens (tertiary/aromatic N) is 1. The SMILES string of the molecule is COc1ccc(CCN(C)CCCNC(=O)C/C=C/c2ccc(-c3ccc(=O)[nH]c3)cc2)cc1OC. The van der Waals surface area contributed by atoms with Crippen LogP contribution in [0.2, 0.25) is 0 Å². The predicted molar refractivity (Wildman–Crippen MR) is 145 cm³/mol. The van der Waals surface area contributed by atoms with E-state index in [2.05, 4.69) is 28.3 Å². The van der Waals surface area contributed by atoms with Crippen LogP contribution in [-0.4, -0.2) is 56.7 Å². The Bertz CT molecular complexity index is 1180. The van der Waals surface area contributed by atoms with Crippen molar-refractivity contribution in [2.24, 2.45) is 0 Å². The average molecular weight is 490 g/mol. The van der Waals surface area contributed by atoms with E-state index in [1.165, 1.54) is 11.6 Å². The second-order valence-electron chi connectivity index (χ2n) is 8.62. The van der Waals surface area contributed by atoms with Crippen molar-refractivity contribution in [2.45, 2.75) is 19.3 Å². The van der Waals surface area contributed by atoms with E-state index in [-0.39, 0.29) is 11.5 Å². The first-order chi connectivity index (χ1) is 17.5. The highest BCUT2D eigenvalue weighted by Crippen LogP contribution is 2.27. The largest absolute Gasteiger partial charge is 0.493 e. The van der Waals surface area contributed by atoms with Crippen LogP contribution in [0.3, 0.4) is 0 Å². The molecule has 3 rings (SSSR count). The van der Waals surface area contributed by atoms with Crippen LogP contribution in [0, 0.1) is 0 Å². The molecule has 0 aliphatic heterocycles. The Morgan fingerprint density at radius 1 is 0.972 bits per heavy atom. The zero-order valence-corrected chi connectivity index (χ0v) is 21.3. The van der Waals surface area contributed by atoms with Crippen LogP contribution in [0.5, 0.6) is 11.5 Å². The summed E-state index contributed by atoms with van der Waals surface area (Å²) in [6.07, 6.45) is 7.67. The summed E-state index contributed by atoms with van der Waals surface area (Å²) in [6.45, 7) is 2.49. The van der Waals surface area contributed by atoms with E-state index in [4.69, 9.17) is 9.47 Å².